The summed E-state index contributed by atoms with van der Waals surface area (Å²) in [6, 6.07) is 1.45. The van der Waals surface area contributed by atoms with E-state index in [0.717, 1.165) is 6.07 Å². The molecule has 1 saturated heterocycles. The molecule has 0 saturated carbocycles. The molecule has 19 heavy (non-hydrogen) atoms. The van der Waals surface area contributed by atoms with Crippen LogP contribution in [0.5, 0.6) is 0 Å². The van der Waals surface area contributed by atoms with Crippen molar-refractivity contribution >= 4 is 22.5 Å². The maximum Gasteiger partial charge on any atom is 0.338 e. The highest BCUT2D eigenvalue weighted by molar-refractivity contribution is 7.85. The van der Waals surface area contributed by atoms with Crippen LogP contribution in [0, 0.1) is 11.6 Å². The highest BCUT2D eigenvalue weighted by atomic mass is 32.2. The van der Waals surface area contributed by atoms with Crippen molar-refractivity contribution in [2.75, 3.05) is 16.8 Å². The third-order valence-electron chi connectivity index (χ3n) is 3.03. The van der Waals surface area contributed by atoms with E-state index in [1.54, 1.807) is 0 Å². The number of benzene rings is 1. The average molecular weight is 289 g/mol. The quantitative estimate of drug-likeness (QED) is 0.893. The van der Waals surface area contributed by atoms with Gasteiger partial charge in [-0.15, -0.1) is 0 Å². The Bertz CT molecular complexity index is 526. The van der Waals surface area contributed by atoms with Crippen molar-refractivity contribution in [1.82, 2.24) is 0 Å². The minimum Gasteiger partial charge on any atom is -0.478 e. The van der Waals surface area contributed by atoms with Crippen LogP contribution < -0.4 is 5.32 Å². The van der Waals surface area contributed by atoms with Crippen molar-refractivity contribution in [2.45, 2.75) is 18.9 Å². The first-order valence-corrected chi connectivity index (χ1v) is 7.30. The van der Waals surface area contributed by atoms with Crippen molar-refractivity contribution in [1.29, 1.82) is 0 Å². The summed E-state index contributed by atoms with van der Waals surface area (Å²) in [5.41, 5.74) is -0.597. The number of rotatable bonds is 3. The number of hydrogen-bond donors (Lipinski definition) is 2. The van der Waals surface area contributed by atoms with Gasteiger partial charge in [0.05, 0.1) is 11.3 Å². The first-order chi connectivity index (χ1) is 8.97. The summed E-state index contributed by atoms with van der Waals surface area (Å²) >= 11 is 0. The van der Waals surface area contributed by atoms with E-state index < -0.39 is 34.0 Å². The second-order valence-corrected chi connectivity index (χ2v) is 6.08. The van der Waals surface area contributed by atoms with Crippen LogP contribution >= 0.6 is 0 Å². The molecule has 1 aliphatic heterocycles. The number of aromatic carboxylic acids is 1. The van der Waals surface area contributed by atoms with Crippen molar-refractivity contribution < 1.29 is 22.9 Å². The van der Waals surface area contributed by atoms with Gasteiger partial charge in [0.1, 0.15) is 11.6 Å². The standard InChI is InChI=1S/C12H13F2NO3S/c13-9-6-10(14)11(5-8(9)12(16)17)15-7-1-3-19(18)4-2-7/h5-7,15H,1-4H2,(H,16,17). The molecular weight excluding hydrogens is 276 g/mol. The lowest BCUT2D eigenvalue weighted by Gasteiger charge is -2.24. The summed E-state index contributed by atoms with van der Waals surface area (Å²) in [7, 11) is -0.827. The van der Waals surface area contributed by atoms with Crippen LogP contribution in [-0.2, 0) is 10.8 Å². The van der Waals surface area contributed by atoms with Gasteiger partial charge in [-0.25, -0.2) is 13.6 Å². The van der Waals surface area contributed by atoms with Crippen LogP contribution in [0.25, 0.3) is 0 Å². The van der Waals surface area contributed by atoms with Crippen LogP contribution in [0.1, 0.15) is 23.2 Å². The van der Waals surface area contributed by atoms with E-state index in [-0.39, 0.29) is 11.7 Å². The third-order valence-corrected chi connectivity index (χ3v) is 4.42. The van der Waals surface area contributed by atoms with Gasteiger partial charge in [-0.3, -0.25) is 4.21 Å². The lowest BCUT2D eigenvalue weighted by molar-refractivity contribution is 0.0692. The Balaban J connectivity index is 2.18. The highest BCUT2D eigenvalue weighted by Gasteiger charge is 2.21. The number of carboxylic acids is 1. The molecule has 0 spiro atoms. The second kappa shape index (κ2) is 5.64. The SMILES string of the molecule is O=C(O)c1cc(NC2CCS(=O)CC2)c(F)cc1F. The molecule has 0 radical (unpaired) electrons. The molecule has 1 aliphatic rings. The Kier molecular flexibility index (Phi) is 4.14. The van der Waals surface area contributed by atoms with Crippen LogP contribution in [0.2, 0.25) is 0 Å². The van der Waals surface area contributed by atoms with Crippen LogP contribution in [0.4, 0.5) is 14.5 Å². The van der Waals surface area contributed by atoms with Crippen molar-refractivity contribution in [3.63, 3.8) is 0 Å². The molecule has 0 aliphatic carbocycles. The second-order valence-electron chi connectivity index (χ2n) is 4.38. The predicted octanol–water partition coefficient (Wildman–Crippen LogP) is 1.99. The molecule has 104 valence electrons. The largest absolute Gasteiger partial charge is 0.478 e. The molecule has 0 unspecified atom stereocenters. The number of hydrogen-bond acceptors (Lipinski definition) is 3. The fourth-order valence-electron chi connectivity index (χ4n) is 1.98. The van der Waals surface area contributed by atoms with Crippen molar-refractivity contribution in [3.05, 3.63) is 29.3 Å². The van der Waals surface area contributed by atoms with Gasteiger partial charge in [-0.2, -0.15) is 0 Å². The molecular formula is C12H13F2NO3S. The molecule has 2 rings (SSSR count). The maximum atomic E-state index is 13.6. The maximum absolute atomic E-state index is 13.6. The Labute approximate surface area is 111 Å². The smallest absolute Gasteiger partial charge is 0.338 e. The monoisotopic (exact) mass is 289 g/mol. The van der Waals surface area contributed by atoms with E-state index in [1.807, 2.05) is 0 Å². The zero-order valence-electron chi connectivity index (χ0n) is 9.99. The van der Waals surface area contributed by atoms with E-state index in [0.29, 0.717) is 30.4 Å². The van der Waals surface area contributed by atoms with Crippen LogP contribution in [0.3, 0.4) is 0 Å². The van der Waals surface area contributed by atoms with Gasteiger partial charge in [0.25, 0.3) is 0 Å². The van der Waals surface area contributed by atoms with E-state index in [2.05, 4.69) is 5.32 Å². The van der Waals surface area contributed by atoms with Crippen LogP contribution in [-0.4, -0.2) is 32.8 Å². The molecule has 0 bridgehead atoms. The summed E-state index contributed by atoms with van der Waals surface area (Å²) in [6.07, 6.45) is 1.23. The van der Waals surface area contributed by atoms with E-state index >= 15 is 0 Å². The number of carboxylic acid groups (broad SMARTS) is 1. The highest BCUT2D eigenvalue weighted by Crippen LogP contribution is 2.23. The van der Waals surface area contributed by atoms with E-state index in [4.69, 9.17) is 5.11 Å². The van der Waals surface area contributed by atoms with Gasteiger partial charge in [-0.05, 0) is 18.9 Å². The first kappa shape index (κ1) is 13.9. The molecule has 2 N–H and O–H groups in total. The summed E-state index contributed by atoms with van der Waals surface area (Å²) in [5, 5.41) is 11.6. The molecule has 1 aromatic rings. The average Bonchev–Trinajstić information content (AvgIpc) is 2.34. The molecule has 1 fully saturated rings. The fraction of sp³-hybridized carbons (Fsp3) is 0.417. The zero-order valence-corrected chi connectivity index (χ0v) is 10.8. The van der Waals surface area contributed by atoms with Gasteiger partial charge in [0.2, 0.25) is 0 Å². The Morgan fingerprint density at radius 3 is 2.47 bits per heavy atom. The van der Waals surface area contributed by atoms with Crippen molar-refractivity contribution in [2.24, 2.45) is 0 Å². The minimum atomic E-state index is -1.44. The summed E-state index contributed by atoms with van der Waals surface area (Å²) in [6.45, 7) is 0. The number of nitrogens with one attached hydrogen (secondary N) is 1. The fourth-order valence-corrected chi connectivity index (χ4v) is 3.28. The van der Waals surface area contributed by atoms with E-state index in [1.165, 1.54) is 0 Å². The zero-order chi connectivity index (χ0) is 14.0. The number of carbonyl (C=O) groups is 1. The number of halogens is 2. The first-order valence-electron chi connectivity index (χ1n) is 5.81. The Morgan fingerprint density at radius 1 is 1.26 bits per heavy atom. The lowest BCUT2D eigenvalue weighted by atomic mass is 10.1. The van der Waals surface area contributed by atoms with Gasteiger partial charge in [0, 0.05) is 34.4 Å². The van der Waals surface area contributed by atoms with Gasteiger partial charge >= 0.3 is 5.97 Å². The normalized spacial score (nSPS) is 23.1. The van der Waals surface area contributed by atoms with Crippen molar-refractivity contribution in [3.8, 4) is 0 Å². The summed E-state index contributed by atoms with van der Waals surface area (Å²) in [5.74, 6) is -2.29. The van der Waals surface area contributed by atoms with Gasteiger partial charge < -0.3 is 10.4 Å². The molecule has 1 heterocycles. The molecule has 1 aromatic carbocycles. The molecule has 7 heteroatoms. The third kappa shape index (κ3) is 3.28. The molecule has 4 nitrogen and oxygen atoms in total. The van der Waals surface area contributed by atoms with E-state index in [9.17, 15) is 17.8 Å². The minimum absolute atomic E-state index is 0.0310. The van der Waals surface area contributed by atoms with Gasteiger partial charge in [-0.1, -0.05) is 0 Å². The summed E-state index contributed by atoms with van der Waals surface area (Å²) < 4.78 is 38.0. The molecule has 0 atom stereocenters. The Hall–Kier alpha value is -1.50. The van der Waals surface area contributed by atoms with Gasteiger partial charge in [0.15, 0.2) is 0 Å². The summed E-state index contributed by atoms with van der Waals surface area (Å²) in [4.78, 5) is 10.8. The Morgan fingerprint density at radius 2 is 1.89 bits per heavy atom. The van der Waals surface area contributed by atoms with Crippen LogP contribution in [0.15, 0.2) is 12.1 Å². The molecule has 0 amide bonds. The molecule has 0 aromatic heterocycles. The predicted molar refractivity (Wildman–Crippen MR) is 67.8 cm³/mol. The topological polar surface area (TPSA) is 66.4 Å². The lowest BCUT2D eigenvalue weighted by Crippen LogP contribution is -2.29. The number of anilines is 1.